The van der Waals surface area contributed by atoms with Crippen LogP contribution in [-0.4, -0.2) is 63.6 Å². The number of carbonyl (C=O) groups excluding carboxylic acids is 1. The van der Waals surface area contributed by atoms with Crippen LogP contribution >= 0.6 is 0 Å². The van der Waals surface area contributed by atoms with Crippen LogP contribution in [0.5, 0.6) is 0 Å². The molecule has 0 bridgehead atoms. The lowest BCUT2D eigenvalue weighted by molar-refractivity contribution is -0.152. The first-order valence-corrected chi connectivity index (χ1v) is 8.80. The van der Waals surface area contributed by atoms with Gasteiger partial charge in [0.15, 0.2) is 5.96 Å². The molecule has 0 aromatic carbocycles. The Kier molecular flexibility index (Phi) is 9.71. The van der Waals surface area contributed by atoms with Crippen LogP contribution in [0.4, 0.5) is 0 Å². The fourth-order valence-corrected chi connectivity index (χ4v) is 2.20. The molecule has 1 rings (SSSR count). The first-order valence-electron chi connectivity index (χ1n) is 8.80. The van der Waals surface area contributed by atoms with Crippen LogP contribution in [0.25, 0.3) is 0 Å². The van der Waals surface area contributed by atoms with E-state index in [1.807, 2.05) is 27.7 Å². The molecule has 1 fully saturated rings. The van der Waals surface area contributed by atoms with Crippen molar-refractivity contribution in [2.45, 2.75) is 46.1 Å². The highest BCUT2D eigenvalue weighted by Gasteiger charge is 2.16. The number of nitrogens with zero attached hydrogens (tertiary/aromatic N) is 1. The van der Waals surface area contributed by atoms with Gasteiger partial charge in [-0.25, -0.2) is 4.99 Å². The average molecular weight is 343 g/mol. The van der Waals surface area contributed by atoms with Crippen molar-refractivity contribution in [2.75, 3.05) is 46.1 Å². The van der Waals surface area contributed by atoms with Crippen molar-refractivity contribution in [3.63, 3.8) is 0 Å². The highest BCUT2D eigenvalue weighted by atomic mass is 16.6. The minimum absolute atomic E-state index is 0.00475. The maximum Gasteiger partial charge on any atom is 0.328 e. The number of carbonyl (C=O) groups is 1. The molecule has 0 aliphatic carbocycles. The Morgan fingerprint density at radius 3 is 2.75 bits per heavy atom. The molecule has 1 heterocycles. The van der Waals surface area contributed by atoms with E-state index in [2.05, 4.69) is 15.6 Å². The molecule has 0 saturated carbocycles. The molecule has 2 N–H and O–H groups in total. The monoisotopic (exact) mass is 343 g/mol. The minimum atomic E-state index is -0.486. The number of hydrogen-bond acceptors (Lipinski definition) is 5. The number of nitrogens with one attached hydrogen (secondary N) is 2. The summed E-state index contributed by atoms with van der Waals surface area (Å²) in [4.78, 5) is 15.9. The average Bonchev–Trinajstić information content (AvgIpc) is 2.99. The van der Waals surface area contributed by atoms with Gasteiger partial charge in [-0.3, -0.25) is 4.79 Å². The molecular weight excluding hydrogens is 310 g/mol. The Hall–Kier alpha value is -1.34. The van der Waals surface area contributed by atoms with Gasteiger partial charge in [-0.1, -0.05) is 0 Å². The van der Waals surface area contributed by atoms with E-state index in [1.165, 1.54) is 0 Å². The van der Waals surface area contributed by atoms with Crippen LogP contribution in [0.2, 0.25) is 0 Å². The van der Waals surface area contributed by atoms with Crippen LogP contribution in [0, 0.1) is 5.92 Å². The molecule has 1 saturated heterocycles. The lowest BCUT2D eigenvalue weighted by atomic mass is 10.1. The van der Waals surface area contributed by atoms with Gasteiger partial charge < -0.3 is 24.8 Å². The van der Waals surface area contributed by atoms with Crippen molar-refractivity contribution in [3.8, 4) is 0 Å². The second-order valence-corrected chi connectivity index (χ2v) is 6.87. The number of aliphatic imine (C=N–C) groups is 1. The van der Waals surface area contributed by atoms with E-state index in [-0.39, 0.29) is 12.5 Å². The van der Waals surface area contributed by atoms with Gasteiger partial charge in [-0.15, -0.1) is 0 Å². The molecule has 7 heteroatoms. The van der Waals surface area contributed by atoms with Crippen LogP contribution in [0.1, 0.15) is 40.5 Å². The lowest BCUT2D eigenvalue weighted by Gasteiger charge is -2.19. The molecule has 1 unspecified atom stereocenters. The molecule has 0 aromatic rings. The molecule has 0 radical (unpaired) electrons. The zero-order valence-corrected chi connectivity index (χ0v) is 15.5. The normalized spacial score (nSPS) is 18.5. The third kappa shape index (κ3) is 10.4. The highest BCUT2D eigenvalue weighted by molar-refractivity contribution is 5.83. The van der Waals surface area contributed by atoms with Gasteiger partial charge in [0.25, 0.3) is 0 Å². The van der Waals surface area contributed by atoms with E-state index in [0.29, 0.717) is 18.5 Å². The molecule has 1 aliphatic heterocycles. The molecule has 140 valence electrons. The first kappa shape index (κ1) is 20.7. The van der Waals surface area contributed by atoms with Crippen LogP contribution in [0.3, 0.4) is 0 Å². The number of guanidine groups is 1. The van der Waals surface area contributed by atoms with Crippen molar-refractivity contribution < 1.29 is 19.0 Å². The number of esters is 1. The standard InChI is InChI=1S/C17H33N3O4/c1-5-18-16(20-11-15(21)24-17(2,3)4)19-8-6-9-22-12-14-7-10-23-13-14/h14H,5-13H2,1-4H3,(H2,18,19,20). The van der Waals surface area contributed by atoms with Gasteiger partial charge in [0.05, 0.1) is 13.2 Å². The van der Waals surface area contributed by atoms with E-state index >= 15 is 0 Å². The highest BCUT2D eigenvalue weighted by Crippen LogP contribution is 2.12. The van der Waals surface area contributed by atoms with E-state index in [4.69, 9.17) is 14.2 Å². The second-order valence-electron chi connectivity index (χ2n) is 6.87. The molecule has 1 atom stereocenters. The van der Waals surface area contributed by atoms with Gasteiger partial charge in [-0.05, 0) is 40.5 Å². The maximum absolute atomic E-state index is 11.7. The molecular formula is C17H33N3O4. The largest absolute Gasteiger partial charge is 0.459 e. The Balaban J connectivity index is 2.17. The van der Waals surface area contributed by atoms with Gasteiger partial charge in [-0.2, -0.15) is 0 Å². The minimum Gasteiger partial charge on any atom is -0.459 e. The summed E-state index contributed by atoms with van der Waals surface area (Å²) >= 11 is 0. The molecule has 0 aromatic heterocycles. The van der Waals surface area contributed by atoms with E-state index in [0.717, 1.165) is 45.8 Å². The Bertz CT molecular complexity index is 388. The maximum atomic E-state index is 11.7. The summed E-state index contributed by atoms with van der Waals surface area (Å²) in [6.07, 6.45) is 1.98. The topological polar surface area (TPSA) is 81.2 Å². The van der Waals surface area contributed by atoms with Gasteiger partial charge >= 0.3 is 5.97 Å². The number of ether oxygens (including phenoxy) is 3. The predicted molar refractivity (Wildman–Crippen MR) is 94.2 cm³/mol. The Morgan fingerprint density at radius 2 is 2.12 bits per heavy atom. The molecule has 7 nitrogen and oxygen atoms in total. The molecule has 0 spiro atoms. The second kappa shape index (κ2) is 11.3. The summed E-state index contributed by atoms with van der Waals surface area (Å²) in [5, 5.41) is 6.30. The van der Waals surface area contributed by atoms with Crippen molar-refractivity contribution in [1.29, 1.82) is 0 Å². The van der Waals surface area contributed by atoms with E-state index in [9.17, 15) is 4.79 Å². The predicted octanol–water partition coefficient (Wildman–Crippen LogP) is 1.33. The summed E-state index contributed by atoms with van der Waals surface area (Å²) in [5.74, 6) is 0.833. The molecule has 24 heavy (non-hydrogen) atoms. The first-order chi connectivity index (χ1) is 11.4. The van der Waals surface area contributed by atoms with E-state index < -0.39 is 5.60 Å². The van der Waals surface area contributed by atoms with Gasteiger partial charge in [0, 0.05) is 32.2 Å². The number of rotatable bonds is 9. The summed E-state index contributed by atoms with van der Waals surface area (Å²) in [6, 6.07) is 0. The molecule has 0 amide bonds. The lowest BCUT2D eigenvalue weighted by Crippen LogP contribution is -2.38. The van der Waals surface area contributed by atoms with Gasteiger partial charge in [0.2, 0.25) is 0 Å². The van der Waals surface area contributed by atoms with Crippen molar-refractivity contribution >= 4 is 11.9 Å². The van der Waals surface area contributed by atoms with Crippen molar-refractivity contribution in [2.24, 2.45) is 10.9 Å². The summed E-state index contributed by atoms with van der Waals surface area (Å²) in [5.41, 5.74) is -0.486. The summed E-state index contributed by atoms with van der Waals surface area (Å²) < 4.78 is 16.2. The van der Waals surface area contributed by atoms with Crippen molar-refractivity contribution in [1.82, 2.24) is 10.6 Å². The Labute approximate surface area is 145 Å². The summed E-state index contributed by atoms with van der Waals surface area (Å²) in [6.45, 7) is 12.1. The fraction of sp³-hybridized carbons (Fsp3) is 0.882. The van der Waals surface area contributed by atoms with Crippen LogP contribution in [-0.2, 0) is 19.0 Å². The fourth-order valence-electron chi connectivity index (χ4n) is 2.20. The smallest absolute Gasteiger partial charge is 0.328 e. The Morgan fingerprint density at radius 1 is 1.33 bits per heavy atom. The van der Waals surface area contributed by atoms with Crippen LogP contribution in [0.15, 0.2) is 4.99 Å². The third-order valence-electron chi connectivity index (χ3n) is 3.27. The SMILES string of the molecule is CCNC(=NCC(=O)OC(C)(C)C)NCCCOCC1CCOC1. The quantitative estimate of drug-likeness (QED) is 0.284. The molecule has 1 aliphatic rings. The van der Waals surface area contributed by atoms with E-state index in [1.54, 1.807) is 0 Å². The zero-order valence-electron chi connectivity index (χ0n) is 15.5. The van der Waals surface area contributed by atoms with Gasteiger partial charge in [0.1, 0.15) is 12.1 Å². The van der Waals surface area contributed by atoms with Crippen molar-refractivity contribution in [3.05, 3.63) is 0 Å². The number of hydrogen-bond donors (Lipinski definition) is 2. The zero-order chi connectivity index (χ0) is 17.8. The summed E-state index contributed by atoms with van der Waals surface area (Å²) in [7, 11) is 0. The third-order valence-corrected chi connectivity index (χ3v) is 3.27. The van der Waals surface area contributed by atoms with Crippen LogP contribution < -0.4 is 10.6 Å².